The zero-order valence-corrected chi connectivity index (χ0v) is 5.15. The molecule has 2 aliphatic heterocycles. The van der Waals surface area contributed by atoms with Crippen molar-refractivity contribution in [3.63, 3.8) is 0 Å². The highest BCUT2D eigenvalue weighted by molar-refractivity contribution is 5.23. The van der Waals surface area contributed by atoms with E-state index in [1.165, 1.54) is 12.8 Å². The number of hydrogen-bond acceptors (Lipinski definition) is 1. The fourth-order valence-electron chi connectivity index (χ4n) is 1.70. The van der Waals surface area contributed by atoms with Gasteiger partial charge in [0.2, 0.25) is 0 Å². The van der Waals surface area contributed by atoms with Gasteiger partial charge in [-0.1, -0.05) is 11.6 Å². The number of rotatable bonds is 0. The van der Waals surface area contributed by atoms with E-state index in [0.29, 0.717) is 0 Å². The van der Waals surface area contributed by atoms with Crippen LogP contribution in [0.1, 0.15) is 19.8 Å². The van der Waals surface area contributed by atoms with Crippen LogP contribution in [0.5, 0.6) is 0 Å². The summed E-state index contributed by atoms with van der Waals surface area (Å²) in [5, 5.41) is 3.48. The SMILES string of the molecule is CC1=C[C@H]2CC[C@@H]1N2. The lowest BCUT2D eigenvalue weighted by atomic mass is 10.0. The molecule has 2 atom stereocenters. The Labute approximate surface area is 49.8 Å². The van der Waals surface area contributed by atoms with E-state index in [1.807, 2.05) is 0 Å². The summed E-state index contributed by atoms with van der Waals surface area (Å²) < 4.78 is 0. The first kappa shape index (κ1) is 4.57. The highest BCUT2D eigenvalue weighted by Gasteiger charge is 2.28. The fraction of sp³-hybridized carbons (Fsp3) is 0.714. The minimum Gasteiger partial charge on any atom is -0.304 e. The van der Waals surface area contributed by atoms with E-state index in [0.717, 1.165) is 12.1 Å². The average Bonchev–Trinajstić information content (AvgIpc) is 2.23. The summed E-state index contributed by atoms with van der Waals surface area (Å²) in [5.74, 6) is 0. The first-order valence-electron chi connectivity index (χ1n) is 3.30. The van der Waals surface area contributed by atoms with E-state index in [2.05, 4.69) is 18.3 Å². The van der Waals surface area contributed by atoms with E-state index < -0.39 is 0 Å². The smallest absolute Gasteiger partial charge is 0.0283 e. The standard InChI is InChI=1S/C7H11N/c1-5-4-6-2-3-7(5)8-6/h4,6-8H,2-3H2,1H3/t6-,7+/m1/s1. The van der Waals surface area contributed by atoms with Gasteiger partial charge in [0.1, 0.15) is 0 Å². The minimum absolute atomic E-state index is 0.736. The third kappa shape index (κ3) is 0.451. The normalized spacial score (nSPS) is 42.9. The minimum atomic E-state index is 0.736. The molecule has 1 fully saturated rings. The van der Waals surface area contributed by atoms with Gasteiger partial charge in [0, 0.05) is 12.1 Å². The largest absolute Gasteiger partial charge is 0.304 e. The van der Waals surface area contributed by atoms with Crippen LogP contribution in [0.2, 0.25) is 0 Å². The Morgan fingerprint density at radius 2 is 2.50 bits per heavy atom. The Kier molecular flexibility index (Phi) is 0.770. The van der Waals surface area contributed by atoms with Gasteiger partial charge in [-0.25, -0.2) is 0 Å². The summed E-state index contributed by atoms with van der Waals surface area (Å²) in [6, 6.07) is 1.49. The fourth-order valence-corrected chi connectivity index (χ4v) is 1.70. The highest BCUT2D eigenvalue weighted by atomic mass is 15.0. The zero-order valence-electron chi connectivity index (χ0n) is 5.15. The van der Waals surface area contributed by atoms with Gasteiger partial charge in [0.25, 0.3) is 0 Å². The second-order valence-electron chi connectivity index (χ2n) is 2.81. The first-order chi connectivity index (χ1) is 3.86. The summed E-state index contributed by atoms with van der Waals surface area (Å²) in [7, 11) is 0. The van der Waals surface area contributed by atoms with Gasteiger partial charge >= 0.3 is 0 Å². The summed E-state index contributed by atoms with van der Waals surface area (Å²) in [6.45, 7) is 2.22. The molecule has 0 aromatic heterocycles. The van der Waals surface area contributed by atoms with E-state index in [-0.39, 0.29) is 0 Å². The highest BCUT2D eigenvalue weighted by Crippen LogP contribution is 2.26. The lowest BCUT2D eigenvalue weighted by Crippen LogP contribution is -2.20. The molecular weight excluding hydrogens is 98.1 g/mol. The van der Waals surface area contributed by atoms with Gasteiger partial charge in [-0.15, -0.1) is 0 Å². The number of hydrogen-bond donors (Lipinski definition) is 1. The van der Waals surface area contributed by atoms with Crippen LogP contribution in [-0.2, 0) is 0 Å². The van der Waals surface area contributed by atoms with Crippen LogP contribution < -0.4 is 5.32 Å². The molecular formula is C7H11N. The molecule has 1 saturated heterocycles. The molecule has 1 heteroatoms. The molecule has 2 heterocycles. The molecule has 1 N–H and O–H groups in total. The molecule has 44 valence electrons. The molecule has 8 heavy (non-hydrogen) atoms. The molecule has 1 nitrogen and oxygen atoms in total. The predicted molar refractivity (Wildman–Crippen MR) is 33.7 cm³/mol. The van der Waals surface area contributed by atoms with E-state index in [1.54, 1.807) is 5.57 Å². The Morgan fingerprint density at radius 3 is 2.75 bits per heavy atom. The molecule has 0 radical (unpaired) electrons. The molecule has 0 unspecified atom stereocenters. The number of nitrogens with one attached hydrogen (secondary N) is 1. The topological polar surface area (TPSA) is 12.0 Å². The lowest BCUT2D eigenvalue weighted by molar-refractivity contribution is 0.698. The van der Waals surface area contributed by atoms with Crippen molar-refractivity contribution >= 4 is 0 Å². The van der Waals surface area contributed by atoms with Crippen LogP contribution in [0, 0.1) is 0 Å². The Morgan fingerprint density at radius 1 is 1.62 bits per heavy atom. The van der Waals surface area contributed by atoms with Crippen molar-refractivity contribution in [2.45, 2.75) is 31.8 Å². The molecule has 0 aliphatic carbocycles. The summed E-state index contributed by atoms with van der Waals surface area (Å²) >= 11 is 0. The second kappa shape index (κ2) is 1.35. The van der Waals surface area contributed by atoms with Crippen LogP contribution in [0.3, 0.4) is 0 Å². The zero-order chi connectivity index (χ0) is 5.56. The van der Waals surface area contributed by atoms with Gasteiger partial charge in [-0.3, -0.25) is 0 Å². The van der Waals surface area contributed by atoms with Gasteiger partial charge in [0.15, 0.2) is 0 Å². The molecule has 2 bridgehead atoms. The maximum atomic E-state index is 3.48. The van der Waals surface area contributed by atoms with Crippen molar-refractivity contribution in [2.75, 3.05) is 0 Å². The molecule has 0 amide bonds. The van der Waals surface area contributed by atoms with Crippen molar-refractivity contribution in [1.29, 1.82) is 0 Å². The van der Waals surface area contributed by atoms with E-state index in [4.69, 9.17) is 0 Å². The van der Waals surface area contributed by atoms with Gasteiger partial charge in [0.05, 0.1) is 0 Å². The maximum Gasteiger partial charge on any atom is 0.0283 e. The van der Waals surface area contributed by atoms with Crippen LogP contribution in [0.15, 0.2) is 11.6 Å². The Hall–Kier alpha value is -0.300. The predicted octanol–water partition coefficient (Wildman–Crippen LogP) is 1.07. The number of fused-ring (bicyclic) bond motifs is 2. The summed E-state index contributed by atoms with van der Waals surface area (Å²) in [4.78, 5) is 0. The molecule has 2 rings (SSSR count). The van der Waals surface area contributed by atoms with Crippen LogP contribution in [-0.4, -0.2) is 12.1 Å². The van der Waals surface area contributed by atoms with Crippen LogP contribution >= 0.6 is 0 Å². The monoisotopic (exact) mass is 109 g/mol. The van der Waals surface area contributed by atoms with E-state index >= 15 is 0 Å². The molecule has 0 saturated carbocycles. The molecule has 0 spiro atoms. The van der Waals surface area contributed by atoms with Gasteiger partial charge in [-0.2, -0.15) is 0 Å². The second-order valence-corrected chi connectivity index (χ2v) is 2.81. The van der Waals surface area contributed by atoms with Crippen molar-refractivity contribution < 1.29 is 0 Å². The van der Waals surface area contributed by atoms with Crippen molar-refractivity contribution in [3.8, 4) is 0 Å². The van der Waals surface area contributed by atoms with Crippen molar-refractivity contribution in [2.24, 2.45) is 0 Å². The maximum absolute atomic E-state index is 3.48. The molecule has 0 aromatic carbocycles. The summed E-state index contributed by atoms with van der Waals surface area (Å²) in [6.07, 6.45) is 5.09. The van der Waals surface area contributed by atoms with Crippen molar-refractivity contribution in [3.05, 3.63) is 11.6 Å². The van der Waals surface area contributed by atoms with Gasteiger partial charge < -0.3 is 5.32 Å². The quantitative estimate of drug-likeness (QED) is 0.459. The average molecular weight is 109 g/mol. The lowest BCUT2D eigenvalue weighted by Gasteiger charge is -2.04. The molecule has 2 aliphatic rings. The Balaban J connectivity index is 2.29. The van der Waals surface area contributed by atoms with Crippen molar-refractivity contribution in [1.82, 2.24) is 5.32 Å². The summed E-state index contributed by atoms with van der Waals surface area (Å²) in [5.41, 5.74) is 1.56. The third-order valence-corrected chi connectivity index (χ3v) is 2.20. The van der Waals surface area contributed by atoms with Gasteiger partial charge in [-0.05, 0) is 19.8 Å². The van der Waals surface area contributed by atoms with Crippen LogP contribution in [0.4, 0.5) is 0 Å². The van der Waals surface area contributed by atoms with Crippen LogP contribution in [0.25, 0.3) is 0 Å². The Bertz CT molecular complexity index is 137. The van der Waals surface area contributed by atoms with E-state index in [9.17, 15) is 0 Å². The molecule has 0 aromatic rings. The third-order valence-electron chi connectivity index (χ3n) is 2.20. The first-order valence-corrected chi connectivity index (χ1v) is 3.30.